The molecule has 1 saturated heterocycles. The number of ether oxygens (including phenoxy) is 1. The van der Waals surface area contributed by atoms with Crippen molar-refractivity contribution in [2.75, 3.05) is 25.5 Å². The van der Waals surface area contributed by atoms with Crippen LogP contribution in [0.3, 0.4) is 0 Å². The van der Waals surface area contributed by atoms with E-state index in [1.54, 1.807) is 31.4 Å². The number of piperidine rings is 1. The predicted octanol–water partition coefficient (Wildman–Crippen LogP) is 4.01. The van der Waals surface area contributed by atoms with E-state index in [0.29, 0.717) is 25.2 Å². The van der Waals surface area contributed by atoms with Gasteiger partial charge in [0.15, 0.2) is 0 Å². The van der Waals surface area contributed by atoms with Crippen molar-refractivity contribution in [3.8, 4) is 23.3 Å². The van der Waals surface area contributed by atoms with E-state index < -0.39 is 10.0 Å². The quantitative estimate of drug-likeness (QED) is 0.577. The second-order valence-corrected chi connectivity index (χ2v) is 9.44. The Hall–Kier alpha value is -3.35. The highest BCUT2D eigenvalue weighted by atomic mass is 32.2. The van der Waals surface area contributed by atoms with Crippen LogP contribution in [-0.2, 0) is 16.6 Å². The average molecular weight is 453 g/mol. The number of benzene rings is 2. The smallest absolute Gasteiger partial charge is 0.243 e. The summed E-state index contributed by atoms with van der Waals surface area (Å²) in [5.41, 5.74) is 1.72. The Morgan fingerprint density at radius 2 is 1.78 bits per heavy atom. The number of hydrogen-bond donors (Lipinski definition) is 1. The molecule has 0 aliphatic carbocycles. The lowest BCUT2D eigenvalue weighted by atomic mass is 10.2. The number of nitriles is 1. The highest BCUT2D eigenvalue weighted by Crippen LogP contribution is 2.28. The lowest BCUT2D eigenvalue weighted by Crippen LogP contribution is -2.35. The van der Waals surface area contributed by atoms with Gasteiger partial charge in [-0.2, -0.15) is 14.6 Å². The lowest BCUT2D eigenvalue weighted by Gasteiger charge is -2.25. The Balaban J connectivity index is 1.50. The Morgan fingerprint density at radius 3 is 2.41 bits per heavy atom. The molecule has 1 N–H and O–H groups in total. The van der Waals surface area contributed by atoms with Gasteiger partial charge in [-0.25, -0.2) is 8.42 Å². The molecule has 1 aliphatic rings. The number of oxazole rings is 1. The third kappa shape index (κ3) is 4.61. The first kappa shape index (κ1) is 21.9. The van der Waals surface area contributed by atoms with E-state index in [1.807, 2.05) is 30.3 Å². The predicted molar refractivity (Wildman–Crippen MR) is 120 cm³/mol. The van der Waals surface area contributed by atoms with Gasteiger partial charge in [-0.3, -0.25) is 0 Å². The molecule has 1 aliphatic heterocycles. The summed E-state index contributed by atoms with van der Waals surface area (Å²) < 4.78 is 38.1. The van der Waals surface area contributed by atoms with Crippen LogP contribution in [0.25, 0.3) is 11.5 Å². The summed E-state index contributed by atoms with van der Waals surface area (Å²) in [5.74, 6) is 1.28. The van der Waals surface area contributed by atoms with Crippen molar-refractivity contribution >= 4 is 15.9 Å². The summed E-state index contributed by atoms with van der Waals surface area (Å²) in [7, 11) is -1.89. The second kappa shape index (κ2) is 9.42. The molecular formula is C23H24N4O4S. The van der Waals surface area contributed by atoms with Crippen LogP contribution in [0.1, 0.15) is 30.5 Å². The maximum atomic E-state index is 12.8. The number of nitrogens with zero attached hydrogens (tertiary/aromatic N) is 3. The third-order valence-electron chi connectivity index (χ3n) is 5.40. The van der Waals surface area contributed by atoms with Crippen molar-refractivity contribution in [1.29, 1.82) is 5.26 Å². The van der Waals surface area contributed by atoms with Gasteiger partial charge in [0.25, 0.3) is 0 Å². The van der Waals surface area contributed by atoms with Gasteiger partial charge in [0, 0.05) is 25.2 Å². The van der Waals surface area contributed by atoms with Crippen LogP contribution in [0.15, 0.2) is 57.8 Å². The number of aromatic nitrogens is 1. The number of methoxy groups -OCH3 is 1. The standard InChI is InChI=1S/C23H24N4O4S/c1-30-19-9-5-17(6-10-19)16-25-23-21(15-24)26-22(31-23)18-7-11-20(12-8-18)32(28,29)27-13-3-2-4-14-27/h5-12,25H,2-4,13-14,16H2,1H3. The van der Waals surface area contributed by atoms with Crippen LogP contribution in [0, 0.1) is 11.3 Å². The van der Waals surface area contributed by atoms with Gasteiger partial charge in [0.1, 0.15) is 11.8 Å². The van der Waals surface area contributed by atoms with Crippen molar-refractivity contribution in [2.45, 2.75) is 30.7 Å². The summed E-state index contributed by atoms with van der Waals surface area (Å²) in [6.07, 6.45) is 2.83. The fourth-order valence-electron chi connectivity index (χ4n) is 3.59. The molecule has 32 heavy (non-hydrogen) atoms. The van der Waals surface area contributed by atoms with E-state index in [2.05, 4.69) is 10.3 Å². The molecule has 0 saturated carbocycles. The summed E-state index contributed by atoms with van der Waals surface area (Å²) in [5, 5.41) is 12.5. The van der Waals surface area contributed by atoms with Gasteiger partial charge >= 0.3 is 0 Å². The third-order valence-corrected chi connectivity index (χ3v) is 7.31. The van der Waals surface area contributed by atoms with E-state index >= 15 is 0 Å². The monoisotopic (exact) mass is 452 g/mol. The molecule has 0 unspecified atom stereocenters. The number of sulfonamides is 1. The molecule has 0 amide bonds. The second-order valence-electron chi connectivity index (χ2n) is 7.50. The molecular weight excluding hydrogens is 428 g/mol. The maximum Gasteiger partial charge on any atom is 0.243 e. The number of hydrogen-bond acceptors (Lipinski definition) is 7. The molecule has 0 radical (unpaired) electrons. The first-order valence-corrected chi connectivity index (χ1v) is 11.8. The van der Waals surface area contributed by atoms with Gasteiger partial charge in [-0.1, -0.05) is 18.6 Å². The fourth-order valence-corrected chi connectivity index (χ4v) is 5.11. The minimum absolute atomic E-state index is 0.138. The number of anilines is 1. The minimum atomic E-state index is -3.50. The van der Waals surface area contributed by atoms with E-state index in [4.69, 9.17) is 9.15 Å². The fraction of sp³-hybridized carbons (Fsp3) is 0.304. The molecule has 166 valence electrons. The topological polar surface area (TPSA) is 108 Å². The van der Waals surface area contributed by atoms with Gasteiger partial charge in [-0.05, 0) is 54.8 Å². The van der Waals surface area contributed by atoms with Crippen LogP contribution in [0.5, 0.6) is 5.75 Å². The molecule has 0 atom stereocenters. The number of rotatable bonds is 7. The van der Waals surface area contributed by atoms with Crippen LogP contribution < -0.4 is 10.1 Å². The minimum Gasteiger partial charge on any atom is -0.497 e. The Bertz CT molecular complexity index is 1210. The van der Waals surface area contributed by atoms with Gasteiger partial charge < -0.3 is 14.5 Å². The molecule has 0 spiro atoms. The first-order valence-electron chi connectivity index (χ1n) is 10.4. The SMILES string of the molecule is COc1ccc(CNc2oc(-c3ccc(S(=O)(=O)N4CCCCC4)cc3)nc2C#N)cc1. The van der Waals surface area contributed by atoms with Crippen molar-refractivity contribution in [3.05, 3.63) is 59.8 Å². The summed E-state index contributed by atoms with van der Waals surface area (Å²) in [6, 6.07) is 16.0. The summed E-state index contributed by atoms with van der Waals surface area (Å²) in [6.45, 7) is 1.55. The van der Waals surface area contributed by atoms with Gasteiger partial charge in [-0.15, -0.1) is 0 Å². The van der Waals surface area contributed by atoms with Gasteiger partial charge in [0.2, 0.25) is 27.5 Å². The zero-order valence-electron chi connectivity index (χ0n) is 17.7. The molecule has 1 fully saturated rings. The molecule has 9 heteroatoms. The van der Waals surface area contributed by atoms with E-state index in [9.17, 15) is 13.7 Å². The average Bonchev–Trinajstić information content (AvgIpc) is 3.27. The molecule has 1 aromatic heterocycles. The largest absolute Gasteiger partial charge is 0.497 e. The lowest BCUT2D eigenvalue weighted by molar-refractivity contribution is 0.346. The highest BCUT2D eigenvalue weighted by molar-refractivity contribution is 7.89. The van der Waals surface area contributed by atoms with Crippen molar-refractivity contribution in [1.82, 2.24) is 9.29 Å². The zero-order valence-corrected chi connectivity index (χ0v) is 18.6. The Kier molecular flexibility index (Phi) is 6.44. The molecule has 0 bridgehead atoms. The Labute approximate surface area is 187 Å². The summed E-state index contributed by atoms with van der Waals surface area (Å²) >= 11 is 0. The van der Waals surface area contributed by atoms with Crippen LogP contribution >= 0.6 is 0 Å². The molecule has 4 rings (SSSR count). The van der Waals surface area contributed by atoms with E-state index in [0.717, 1.165) is 30.6 Å². The summed E-state index contributed by atoms with van der Waals surface area (Å²) in [4.78, 5) is 4.49. The normalized spacial score (nSPS) is 14.6. The molecule has 3 aromatic rings. The molecule has 2 heterocycles. The van der Waals surface area contributed by atoms with Crippen LogP contribution in [-0.4, -0.2) is 37.9 Å². The van der Waals surface area contributed by atoms with Crippen molar-refractivity contribution in [3.63, 3.8) is 0 Å². The highest BCUT2D eigenvalue weighted by Gasteiger charge is 2.26. The zero-order chi connectivity index (χ0) is 22.6. The van der Waals surface area contributed by atoms with Crippen LogP contribution in [0.2, 0.25) is 0 Å². The van der Waals surface area contributed by atoms with Crippen LogP contribution in [0.4, 0.5) is 5.88 Å². The van der Waals surface area contributed by atoms with Crippen molar-refractivity contribution < 1.29 is 17.6 Å². The molecule has 2 aromatic carbocycles. The maximum absolute atomic E-state index is 12.8. The van der Waals surface area contributed by atoms with E-state index in [-0.39, 0.29) is 22.4 Å². The van der Waals surface area contributed by atoms with Crippen molar-refractivity contribution in [2.24, 2.45) is 0 Å². The Morgan fingerprint density at radius 1 is 1.09 bits per heavy atom. The first-order chi connectivity index (χ1) is 15.5. The van der Waals surface area contributed by atoms with Gasteiger partial charge in [0.05, 0.1) is 12.0 Å². The number of nitrogens with one attached hydrogen (secondary N) is 1. The van der Waals surface area contributed by atoms with E-state index in [1.165, 1.54) is 4.31 Å². The molecule has 8 nitrogen and oxygen atoms in total.